The Balaban J connectivity index is 2.17. The van der Waals surface area contributed by atoms with E-state index in [-0.39, 0.29) is 12.6 Å². The smallest absolute Gasteiger partial charge is 0.309 e. The summed E-state index contributed by atoms with van der Waals surface area (Å²) in [6.07, 6.45) is 8.52. The second-order valence-electron chi connectivity index (χ2n) is 3.31. The van der Waals surface area contributed by atoms with Crippen molar-refractivity contribution in [3.05, 3.63) is 24.3 Å². The zero-order chi connectivity index (χ0) is 12.0. The van der Waals surface area contributed by atoms with E-state index in [4.69, 9.17) is 0 Å². The summed E-state index contributed by atoms with van der Waals surface area (Å²) in [5, 5.41) is 3.02. The fourth-order valence-electron chi connectivity index (χ4n) is 1.25. The predicted octanol–water partition coefficient (Wildman–Crippen LogP) is 0.603. The third kappa shape index (κ3) is 4.38. The molecule has 0 amide bonds. The van der Waals surface area contributed by atoms with Crippen molar-refractivity contribution in [3.63, 3.8) is 0 Å². The van der Waals surface area contributed by atoms with Gasteiger partial charge in [0.25, 0.3) is 10.0 Å². The number of halogens is 2. The minimum absolute atomic E-state index is 0.0409. The van der Waals surface area contributed by atoms with Gasteiger partial charge in [-0.2, -0.15) is 8.78 Å². The van der Waals surface area contributed by atoms with E-state index in [1.165, 1.54) is 0 Å². The van der Waals surface area contributed by atoms with Crippen LogP contribution in [-0.2, 0) is 10.0 Å². The van der Waals surface area contributed by atoms with Gasteiger partial charge >= 0.3 is 5.76 Å². The molecule has 0 heterocycles. The minimum atomic E-state index is -4.46. The molecule has 0 spiro atoms. The first-order valence-corrected chi connectivity index (χ1v) is 6.40. The van der Waals surface area contributed by atoms with Crippen molar-refractivity contribution in [2.45, 2.75) is 18.2 Å². The van der Waals surface area contributed by atoms with E-state index in [1.807, 2.05) is 29.0 Å². The SMILES string of the molecule is O=S(=O)(NCCNC1C=CC=CC1)C(F)F. The lowest BCUT2D eigenvalue weighted by atomic mass is 10.1. The van der Waals surface area contributed by atoms with Crippen molar-refractivity contribution in [2.24, 2.45) is 0 Å². The molecule has 0 saturated heterocycles. The topological polar surface area (TPSA) is 58.2 Å². The van der Waals surface area contributed by atoms with Crippen LogP contribution >= 0.6 is 0 Å². The van der Waals surface area contributed by atoms with E-state index in [1.54, 1.807) is 0 Å². The molecule has 16 heavy (non-hydrogen) atoms. The average molecular weight is 252 g/mol. The quantitative estimate of drug-likeness (QED) is 0.681. The van der Waals surface area contributed by atoms with E-state index >= 15 is 0 Å². The number of alkyl halides is 2. The number of sulfonamides is 1. The molecule has 1 aliphatic carbocycles. The Labute approximate surface area is 93.5 Å². The Morgan fingerprint density at radius 2 is 2.06 bits per heavy atom. The number of rotatable bonds is 6. The van der Waals surface area contributed by atoms with Crippen LogP contribution in [0.4, 0.5) is 8.78 Å². The number of nitrogens with one attached hydrogen (secondary N) is 2. The highest BCUT2D eigenvalue weighted by molar-refractivity contribution is 7.89. The van der Waals surface area contributed by atoms with Crippen LogP contribution in [0.1, 0.15) is 6.42 Å². The summed E-state index contributed by atoms with van der Waals surface area (Å²) >= 11 is 0. The maximum absolute atomic E-state index is 11.9. The lowest BCUT2D eigenvalue weighted by Crippen LogP contribution is -2.38. The van der Waals surface area contributed by atoms with Gasteiger partial charge in [0.15, 0.2) is 0 Å². The van der Waals surface area contributed by atoms with E-state index in [0.717, 1.165) is 6.42 Å². The monoisotopic (exact) mass is 252 g/mol. The normalized spacial score (nSPS) is 20.6. The molecule has 0 saturated carbocycles. The summed E-state index contributed by atoms with van der Waals surface area (Å²) in [7, 11) is -4.46. The van der Waals surface area contributed by atoms with E-state index < -0.39 is 15.8 Å². The molecular formula is C9H14F2N2O2S. The standard InChI is InChI=1S/C9H14F2N2O2S/c10-9(11)16(14,15)13-7-6-12-8-4-2-1-3-5-8/h1-4,8-9,12-13H,5-7H2. The molecule has 0 aromatic carbocycles. The number of allylic oxidation sites excluding steroid dienone is 2. The zero-order valence-electron chi connectivity index (χ0n) is 8.57. The van der Waals surface area contributed by atoms with Gasteiger partial charge < -0.3 is 5.32 Å². The van der Waals surface area contributed by atoms with Gasteiger partial charge in [0.1, 0.15) is 0 Å². The zero-order valence-corrected chi connectivity index (χ0v) is 9.38. The summed E-state index contributed by atoms with van der Waals surface area (Å²) < 4.78 is 47.0. The molecule has 2 N–H and O–H groups in total. The van der Waals surface area contributed by atoms with E-state index in [2.05, 4.69) is 5.32 Å². The fraction of sp³-hybridized carbons (Fsp3) is 0.556. The average Bonchev–Trinajstić information content (AvgIpc) is 2.26. The van der Waals surface area contributed by atoms with Gasteiger partial charge in [-0.3, -0.25) is 0 Å². The van der Waals surface area contributed by atoms with Crippen LogP contribution in [0.3, 0.4) is 0 Å². The summed E-state index contributed by atoms with van der Waals surface area (Å²) in [6, 6.07) is 0.140. The maximum atomic E-state index is 11.9. The molecule has 1 atom stereocenters. The Kier molecular flexibility index (Phi) is 5.04. The maximum Gasteiger partial charge on any atom is 0.350 e. The molecule has 1 rings (SSSR count). The predicted molar refractivity (Wildman–Crippen MR) is 57.6 cm³/mol. The summed E-state index contributed by atoms with van der Waals surface area (Å²) in [5.41, 5.74) is 0. The highest BCUT2D eigenvalue weighted by Gasteiger charge is 2.22. The van der Waals surface area contributed by atoms with Gasteiger partial charge in [-0.1, -0.05) is 24.3 Å². The van der Waals surface area contributed by atoms with Crippen molar-refractivity contribution >= 4 is 10.0 Å². The molecule has 92 valence electrons. The highest BCUT2D eigenvalue weighted by Crippen LogP contribution is 2.02. The van der Waals surface area contributed by atoms with Crippen molar-refractivity contribution in [1.82, 2.24) is 10.0 Å². The molecule has 0 radical (unpaired) electrons. The van der Waals surface area contributed by atoms with Crippen LogP contribution in [0.5, 0.6) is 0 Å². The summed E-state index contributed by atoms with van der Waals surface area (Å²) in [5.74, 6) is -3.37. The second kappa shape index (κ2) is 6.07. The lowest BCUT2D eigenvalue weighted by molar-refractivity contribution is 0.232. The first kappa shape index (κ1) is 13.3. The molecule has 0 aromatic heterocycles. The number of hydrogen-bond acceptors (Lipinski definition) is 3. The lowest BCUT2D eigenvalue weighted by Gasteiger charge is -2.15. The molecule has 0 aliphatic heterocycles. The van der Waals surface area contributed by atoms with Gasteiger partial charge in [0, 0.05) is 19.1 Å². The highest BCUT2D eigenvalue weighted by atomic mass is 32.2. The minimum Gasteiger partial charge on any atom is -0.309 e. The van der Waals surface area contributed by atoms with Crippen LogP contribution in [-0.4, -0.2) is 33.3 Å². The Hall–Kier alpha value is -0.790. The van der Waals surface area contributed by atoms with Gasteiger partial charge in [-0.25, -0.2) is 13.1 Å². The molecule has 7 heteroatoms. The largest absolute Gasteiger partial charge is 0.350 e. The second-order valence-corrected chi connectivity index (χ2v) is 5.04. The van der Waals surface area contributed by atoms with Crippen LogP contribution < -0.4 is 10.0 Å². The molecule has 0 aromatic rings. The Morgan fingerprint density at radius 1 is 1.31 bits per heavy atom. The third-order valence-corrected chi connectivity index (χ3v) is 3.13. The van der Waals surface area contributed by atoms with Crippen LogP contribution in [0.15, 0.2) is 24.3 Å². The van der Waals surface area contributed by atoms with Gasteiger partial charge in [0.2, 0.25) is 0 Å². The molecular weight excluding hydrogens is 238 g/mol. The van der Waals surface area contributed by atoms with Crippen molar-refractivity contribution < 1.29 is 17.2 Å². The molecule has 1 unspecified atom stereocenters. The fourth-order valence-corrected chi connectivity index (χ4v) is 1.76. The molecule has 4 nitrogen and oxygen atoms in total. The van der Waals surface area contributed by atoms with Gasteiger partial charge in [0.05, 0.1) is 0 Å². The van der Waals surface area contributed by atoms with Crippen LogP contribution in [0.2, 0.25) is 0 Å². The van der Waals surface area contributed by atoms with Crippen molar-refractivity contribution in [1.29, 1.82) is 0 Å². The summed E-state index contributed by atoms with van der Waals surface area (Å²) in [4.78, 5) is 0. The summed E-state index contributed by atoms with van der Waals surface area (Å²) in [6.45, 7) is 0.273. The van der Waals surface area contributed by atoms with Gasteiger partial charge in [-0.05, 0) is 6.42 Å². The molecule has 0 fully saturated rings. The number of hydrogen-bond donors (Lipinski definition) is 2. The van der Waals surface area contributed by atoms with Gasteiger partial charge in [-0.15, -0.1) is 0 Å². The van der Waals surface area contributed by atoms with Crippen LogP contribution in [0, 0.1) is 0 Å². The van der Waals surface area contributed by atoms with E-state index in [9.17, 15) is 17.2 Å². The Morgan fingerprint density at radius 3 is 2.62 bits per heavy atom. The van der Waals surface area contributed by atoms with Crippen LogP contribution in [0.25, 0.3) is 0 Å². The Bertz CT molecular complexity index is 366. The third-order valence-electron chi connectivity index (χ3n) is 2.05. The molecule has 1 aliphatic rings. The van der Waals surface area contributed by atoms with E-state index in [0.29, 0.717) is 6.54 Å². The molecule has 0 bridgehead atoms. The van der Waals surface area contributed by atoms with Crippen molar-refractivity contribution in [2.75, 3.05) is 13.1 Å². The van der Waals surface area contributed by atoms with Crippen molar-refractivity contribution in [3.8, 4) is 0 Å². The first-order chi connectivity index (χ1) is 7.52. The first-order valence-electron chi connectivity index (χ1n) is 4.86.